The maximum atomic E-state index is 14.2. The third-order valence-corrected chi connectivity index (χ3v) is 3.98. The van der Waals surface area contributed by atoms with Crippen molar-refractivity contribution < 1.29 is 28.2 Å². The minimum atomic E-state index is -1.05. The van der Waals surface area contributed by atoms with Crippen LogP contribution >= 0.6 is 0 Å². The van der Waals surface area contributed by atoms with Crippen molar-refractivity contribution in [1.29, 1.82) is 0 Å². The molecule has 2 aromatic carbocycles. The quantitative estimate of drug-likeness (QED) is 0.903. The summed E-state index contributed by atoms with van der Waals surface area (Å²) in [5.41, 5.74) is 0.840. The monoisotopic (exact) mass is 347 g/mol. The predicted octanol–water partition coefficient (Wildman–Crippen LogP) is 2.98. The summed E-state index contributed by atoms with van der Waals surface area (Å²) in [6.45, 7) is 0.00879. The molecule has 0 spiro atoms. The number of hydrogen-bond donors (Lipinski definition) is 1. The lowest BCUT2D eigenvalue weighted by Gasteiger charge is -2.17. The number of rotatable bonds is 5. The summed E-state index contributed by atoms with van der Waals surface area (Å²) in [4.78, 5) is 24.1. The highest BCUT2D eigenvalue weighted by molar-refractivity contribution is 5.99. The van der Waals surface area contributed by atoms with E-state index in [0.29, 0.717) is 5.56 Å². The van der Waals surface area contributed by atoms with E-state index >= 15 is 0 Å². The van der Waals surface area contributed by atoms with Gasteiger partial charge in [0.2, 0.25) is 5.91 Å². The van der Waals surface area contributed by atoms with Crippen molar-refractivity contribution in [1.82, 2.24) is 0 Å². The van der Waals surface area contributed by atoms with E-state index in [1.54, 1.807) is 6.07 Å². The molecule has 1 heterocycles. The average Bonchev–Trinajstić information content (AvgIpc) is 2.96. The zero-order chi connectivity index (χ0) is 18.0. The maximum Gasteiger partial charge on any atom is 0.308 e. The van der Waals surface area contributed by atoms with E-state index in [9.17, 15) is 18.4 Å². The normalized spacial score (nSPS) is 17.0. The third kappa shape index (κ3) is 3.76. The van der Waals surface area contributed by atoms with Gasteiger partial charge in [-0.2, -0.15) is 0 Å². The van der Waals surface area contributed by atoms with Crippen LogP contribution in [0.5, 0.6) is 5.75 Å². The van der Waals surface area contributed by atoms with Crippen LogP contribution in [0, 0.1) is 17.6 Å². The van der Waals surface area contributed by atoms with Crippen molar-refractivity contribution in [3.8, 4) is 5.75 Å². The molecule has 1 N–H and O–H groups in total. The first-order valence-electron chi connectivity index (χ1n) is 7.64. The second-order valence-electron chi connectivity index (χ2n) is 5.78. The molecule has 1 fully saturated rings. The molecule has 5 nitrogen and oxygen atoms in total. The van der Waals surface area contributed by atoms with Crippen LogP contribution in [-0.4, -0.2) is 23.5 Å². The van der Waals surface area contributed by atoms with E-state index < -0.39 is 23.5 Å². The van der Waals surface area contributed by atoms with Crippen LogP contribution in [0.15, 0.2) is 42.5 Å². The van der Waals surface area contributed by atoms with Gasteiger partial charge in [-0.3, -0.25) is 9.59 Å². The molecule has 130 valence electrons. The van der Waals surface area contributed by atoms with E-state index in [4.69, 9.17) is 9.84 Å². The maximum absolute atomic E-state index is 14.2. The highest BCUT2D eigenvalue weighted by Crippen LogP contribution is 2.29. The van der Waals surface area contributed by atoms with E-state index in [1.807, 2.05) is 0 Å². The molecule has 25 heavy (non-hydrogen) atoms. The molecule has 1 aliphatic rings. The lowest BCUT2D eigenvalue weighted by molar-refractivity contribution is -0.141. The Morgan fingerprint density at radius 2 is 2.04 bits per heavy atom. The standard InChI is InChI=1S/C18H15F2NO4/c19-13-3-1-2-11(6-13)10-25-16-5-4-14(8-15(16)20)21-9-12(18(23)24)7-17(21)22/h1-6,8,12H,7,9-10H2,(H,23,24). The van der Waals surface area contributed by atoms with Gasteiger partial charge < -0.3 is 14.7 Å². The van der Waals surface area contributed by atoms with Crippen molar-refractivity contribution in [2.75, 3.05) is 11.4 Å². The number of ether oxygens (including phenoxy) is 1. The Morgan fingerprint density at radius 3 is 2.68 bits per heavy atom. The van der Waals surface area contributed by atoms with Crippen molar-refractivity contribution in [3.05, 3.63) is 59.7 Å². The number of benzene rings is 2. The van der Waals surface area contributed by atoms with Gasteiger partial charge in [0.15, 0.2) is 11.6 Å². The summed E-state index contributed by atoms with van der Waals surface area (Å²) in [7, 11) is 0. The smallest absolute Gasteiger partial charge is 0.308 e. The van der Waals surface area contributed by atoms with Gasteiger partial charge >= 0.3 is 5.97 Å². The number of nitrogens with zero attached hydrogens (tertiary/aromatic N) is 1. The number of halogens is 2. The number of aliphatic carboxylic acids is 1. The second kappa shape index (κ2) is 6.88. The average molecular weight is 347 g/mol. The molecule has 7 heteroatoms. The lowest BCUT2D eigenvalue weighted by atomic mass is 10.1. The van der Waals surface area contributed by atoms with E-state index in [-0.39, 0.29) is 36.9 Å². The molecule has 0 radical (unpaired) electrons. The largest absolute Gasteiger partial charge is 0.486 e. The van der Waals surface area contributed by atoms with Gasteiger partial charge in [-0.05, 0) is 29.8 Å². The highest BCUT2D eigenvalue weighted by atomic mass is 19.1. The van der Waals surface area contributed by atoms with Gasteiger partial charge in [0.25, 0.3) is 0 Å². The topological polar surface area (TPSA) is 66.8 Å². The van der Waals surface area contributed by atoms with Crippen molar-refractivity contribution >= 4 is 17.6 Å². The first-order chi connectivity index (χ1) is 11.9. The molecule has 1 saturated heterocycles. The summed E-state index contributed by atoms with van der Waals surface area (Å²) in [5.74, 6) is -3.32. The molecule has 0 aliphatic carbocycles. The molecular weight excluding hydrogens is 332 g/mol. The second-order valence-corrected chi connectivity index (χ2v) is 5.78. The number of carbonyl (C=O) groups excluding carboxylic acids is 1. The molecule has 2 aromatic rings. The molecule has 1 aliphatic heterocycles. The van der Waals surface area contributed by atoms with Gasteiger partial charge in [-0.15, -0.1) is 0 Å². The van der Waals surface area contributed by atoms with Gasteiger partial charge in [0.05, 0.1) is 5.92 Å². The molecule has 1 amide bonds. The molecule has 3 rings (SSSR count). The molecule has 0 bridgehead atoms. The summed E-state index contributed by atoms with van der Waals surface area (Å²) < 4.78 is 32.7. The lowest BCUT2D eigenvalue weighted by Crippen LogP contribution is -2.25. The number of carboxylic acids is 1. The van der Waals surface area contributed by atoms with Crippen molar-refractivity contribution in [2.24, 2.45) is 5.92 Å². The Hall–Kier alpha value is -2.96. The fourth-order valence-corrected chi connectivity index (χ4v) is 2.69. The Kier molecular flexibility index (Phi) is 4.65. The van der Waals surface area contributed by atoms with Crippen LogP contribution in [0.1, 0.15) is 12.0 Å². The number of amides is 1. The van der Waals surface area contributed by atoms with Crippen LogP contribution in [0.25, 0.3) is 0 Å². The number of anilines is 1. The molecule has 1 unspecified atom stereocenters. The van der Waals surface area contributed by atoms with Crippen molar-refractivity contribution in [2.45, 2.75) is 13.0 Å². The summed E-state index contributed by atoms with van der Waals surface area (Å²) >= 11 is 0. The van der Waals surface area contributed by atoms with Crippen LogP contribution in [0.3, 0.4) is 0 Å². The highest BCUT2D eigenvalue weighted by Gasteiger charge is 2.35. The number of carbonyl (C=O) groups is 2. The number of carboxylic acid groups (broad SMARTS) is 1. The third-order valence-electron chi connectivity index (χ3n) is 3.98. The summed E-state index contributed by atoms with van der Waals surface area (Å²) in [6, 6.07) is 9.77. The Morgan fingerprint density at radius 1 is 1.24 bits per heavy atom. The zero-order valence-electron chi connectivity index (χ0n) is 13.1. The molecular formula is C18H15F2NO4. The van der Waals surface area contributed by atoms with Crippen molar-refractivity contribution in [3.63, 3.8) is 0 Å². The van der Waals surface area contributed by atoms with Crippen LogP contribution < -0.4 is 9.64 Å². The Bertz CT molecular complexity index is 824. The Balaban J connectivity index is 1.71. The first-order valence-corrected chi connectivity index (χ1v) is 7.64. The minimum Gasteiger partial charge on any atom is -0.486 e. The molecule has 0 aromatic heterocycles. The van der Waals surface area contributed by atoms with Gasteiger partial charge in [-0.1, -0.05) is 12.1 Å². The number of hydrogen-bond acceptors (Lipinski definition) is 3. The van der Waals surface area contributed by atoms with Gasteiger partial charge in [0.1, 0.15) is 12.4 Å². The summed E-state index contributed by atoms with van der Waals surface area (Å²) in [5, 5.41) is 8.99. The fraction of sp³-hybridized carbons (Fsp3) is 0.222. The van der Waals surface area contributed by atoms with E-state index in [2.05, 4.69) is 0 Å². The van der Waals surface area contributed by atoms with Crippen LogP contribution in [0.4, 0.5) is 14.5 Å². The van der Waals surface area contributed by atoms with Gasteiger partial charge in [-0.25, -0.2) is 8.78 Å². The Labute approximate surface area is 142 Å². The van der Waals surface area contributed by atoms with Crippen LogP contribution in [0.2, 0.25) is 0 Å². The van der Waals surface area contributed by atoms with E-state index in [0.717, 1.165) is 6.07 Å². The predicted molar refractivity (Wildman–Crippen MR) is 85.2 cm³/mol. The minimum absolute atomic E-state index is 0.00222. The van der Waals surface area contributed by atoms with Crippen LogP contribution in [-0.2, 0) is 16.2 Å². The zero-order valence-corrected chi connectivity index (χ0v) is 13.1. The fourth-order valence-electron chi connectivity index (χ4n) is 2.69. The first kappa shape index (κ1) is 16.9. The SMILES string of the molecule is O=C(O)C1CC(=O)N(c2ccc(OCc3cccc(F)c3)c(F)c2)C1. The van der Waals surface area contributed by atoms with E-state index in [1.165, 1.54) is 35.2 Å². The molecule has 1 atom stereocenters. The summed E-state index contributed by atoms with van der Waals surface area (Å²) in [6.07, 6.45) is -0.102. The van der Waals surface area contributed by atoms with Gasteiger partial charge in [0, 0.05) is 24.7 Å². The molecule has 0 saturated carbocycles.